The largest absolute Gasteiger partial charge is 0.354 e. The Kier molecular flexibility index (Phi) is 4.57. The summed E-state index contributed by atoms with van der Waals surface area (Å²) in [5, 5.41) is 3.73. The summed E-state index contributed by atoms with van der Waals surface area (Å²) >= 11 is 3.40. The summed E-state index contributed by atoms with van der Waals surface area (Å²) in [7, 11) is 3.06. The molecule has 2 N–H and O–H groups in total. The molecule has 1 heterocycles. The summed E-state index contributed by atoms with van der Waals surface area (Å²) in [6.45, 7) is 0.297. The van der Waals surface area contributed by atoms with Gasteiger partial charge in [-0.25, -0.2) is 0 Å². The highest BCUT2D eigenvalue weighted by atomic mass is 79.9. The molecule has 1 amide bonds. The van der Waals surface area contributed by atoms with Gasteiger partial charge in [-0.05, 0) is 24.3 Å². The number of ether oxygens (including phenoxy) is 2. The van der Waals surface area contributed by atoms with Crippen LogP contribution in [0.3, 0.4) is 0 Å². The molecule has 1 aromatic carbocycles. The van der Waals surface area contributed by atoms with Gasteiger partial charge < -0.3 is 19.8 Å². The molecule has 6 heteroatoms. The number of aromatic amines is 1. The van der Waals surface area contributed by atoms with Crippen molar-refractivity contribution in [3.05, 3.63) is 34.4 Å². The van der Waals surface area contributed by atoms with Crippen LogP contribution in [-0.4, -0.2) is 37.9 Å². The molecule has 2 aromatic rings. The molecule has 0 saturated carbocycles. The number of amides is 1. The number of carbonyl (C=O) groups excluding carboxylic acids is 1. The Balaban J connectivity index is 2.09. The molecule has 0 unspecified atom stereocenters. The Labute approximate surface area is 119 Å². The van der Waals surface area contributed by atoms with E-state index >= 15 is 0 Å². The summed E-state index contributed by atoms with van der Waals surface area (Å²) < 4.78 is 11.0. The van der Waals surface area contributed by atoms with Crippen molar-refractivity contribution in [3.63, 3.8) is 0 Å². The van der Waals surface area contributed by atoms with Crippen LogP contribution in [0.1, 0.15) is 10.5 Å². The lowest BCUT2D eigenvalue weighted by Crippen LogP contribution is -2.34. The SMILES string of the molecule is COC(CNC(=O)c1cc2cc(Br)ccc2[nH]1)OC. The van der Waals surface area contributed by atoms with Gasteiger partial charge in [-0.15, -0.1) is 0 Å². The van der Waals surface area contributed by atoms with Crippen LogP contribution in [0, 0.1) is 0 Å². The molecule has 5 nitrogen and oxygen atoms in total. The number of nitrogens with one attached hydrogen (secondary N) is 2. The normalized spacial score (nSPS) is 11.2. The van der Waals surface area contributed by atoms with Crippen LogP contribution >= 0.6 is 15.9 Å². The Morgan fingerprint density at radius 1 is 1.37 bits per heavy atom. The summed E-state index contributed by atoms with van der Waals surface area (Å²) in [6.07, 6.45) is -0.442. The van der Waals surface area contributed by atoms with Crippen LogP contribution in [-0.2, 0) is 9.47 Å². The number of hydrogen-bond donors (Lipinski definition) is 2. The third kappa shape index (κ3) is 3.34. The Morgan fingerprint density at radius 2 is 2.11 bits per heavy atom. The van der Waals surface area contributed by atoms with Gasteiger partial charge in [0.25, 0.3) is 5.91 Å². The zero-order chi connectivity index (χ0) is 13.8. The highest BCUT2D eigenvalue weighted by molar-refractivity contribution is 9.10. The monoisotopic (exact) mass is 326 g/mol. The molecule has 0 bridgehead atoms. The van der Waals surface area contributed by atoms with Gasteiger partial charge >= 0.3 is 0 Å². The van der Waals surface area contributed by atoms with E-state index in [2.05, 4.69) is 26.2 Å². The maximum atomic E-state index is 12.0. The molecular weight excluding hydrogens is 312 g/mol. The minimum absolute atomic E-state index is 0.188. The van der Waals surface area contributed by atoms with Crippen molar-refractivity contribution in [2.24, 2.45) is 0 Å². The first kappa shape index (κ1) is 14.0. The molecule has 102 valence electrons. The molecule has 0 atom stereocenters. The van der Waals surface area contributed by atoms with Gasteiger partial charge in [-0.3, -0.25) is 4.79 Å². The molecule has 2 rings (SSSR count). The van der Waals surface area contributed by atoms with Crippen LogP contribution in [0.4, 0.5) is 0 Å². The van der Waals surface area contributed by atoms with Crippen molar-refractivity contribution in [3.8, 4) is 0 Å². The maximum absolute atomic E-state index is 12.0. The third-order valence-electron chi connectivity index (χ3n) is 2.78. The average Bonchev–Trinajstić information content (AvgIpc) is 2.82. The van der Waals surface area contributed by atoms with Crippen molar-refractivity contribution in [2.45, 2.75) is 6.29 Å². The van der Waals surface area contributed by atoms with E-state index in [1.807, 2.05) is 24.3 Å². The molecule has 0 saturated heterocycles. The van der Waals surface area contributed by atoms with Crippen LogP contribution in [0.2, 0.25) is 0 Å². The fourth-order valence-corrected chi connectivity index (χ4v) is 2.14. The Bertz CT molecular complexity index is 578. The second-order valence-electron chi connectivity index (χ2n) is 4.03. The molecule has 0 fully saturated rings. The van der Waals surface area contributed by atoms with Crippen LogP contribution in [0.5, 0.6) is 0 Å². The first-order chi connectivity index (χ1) is 9.13. The fraction of sp³-hybridized carbons (Fsp3) is 0.308. The minimum atomic E-state index is -0.442. The summed E-state index contributed by atoms with van der Waals surface area (Å²) in [5.41, 5.74) is 1.43. The van der Waals surface area contributed by atoms with Gasteiger partial charge in [0, 0.05) is 29.6 Å². The number of aromatic nitrogens is 1. The zero-order valence-electron chi connectivity index (χ0n) is 10.7. The lowest BCUT2D eigenvalue weighted by Gasteiger charge is -2.13. The first-order valence-electron chi connectivity index (χ1n) is 5.76. The van der Waals surface area contributed by atoms with E-state index in [1.54, 1.807) is 0 Å². The van der Waals surface area contributed by atoms with Crippen LogP contribution < -0.4 is 5.32 Å². The zero-order valence-corrected chi connectivity index (χ0v) is 12.3. The molecular formula is C13H15BrN2O3. The van der Waals surface area contributed by atoms with Gasteiger partial charge in [-0.1, -0.05) is 15.9 Å². The summed E-state index contributed by atoms with van der Waals surface area (Å²) in [4.78, 5) is 15.0. The van der Waals surface area contributed by atoms with Crippen molar-refractivity contribution in [1.82, 2.24) is 10.3 Å². The average molecular weight is 327 g/mol. The summed E-state index contributed by atoms with van der Waals surface area (Å²) in [5.74, 6) is -0.188. The van der Waals surface area contributed by atoms with E-state index in [0.29, 0.717) is 12.2 Å². The van der Waals surface area contributed by atoms with Crippen molar-refractivity contribution < 1.29 is 14.3 Å². The summed E-state index contributed by atoms with van der Waals surface area (Å²) in [6, 6.07) is 7.61. The smallest absolute Gasteiger partial charge is 0.267 e. The first-order valence-corrected chi connectivity index (χ1v) is 6.55. The second kappa shape index (κ2) is 6.18. The van der Waals surface area contributed by atoms with Gasteiger partial charge in [0.15, 0.2) is 6.29 Å². The molecule has 0 spiro atoms. The third-order valence-corrected chi connectivity index (χ3v) is 3.28. The number of H-pyrrole nitrogens is 1. The van der Waals surface area contributed by atoms with Crippen molar-refractivity contribution in [2.75, 3.05) is 20.8 Å². The minimum Gasteiger partial charge on any atom is -0.354 e. The van der Waals surface area contributed by atoms with E-state index < -0.39 is 6.29 Å². The standard InChI is InChI=1S/C13H15BrN2O3/c1-18-12(19-2)7-15-13(17)11-6-8-5-9(14)3-4-10(8)16-11/h3-6,12,16H,7H2,1-2H3,(H,15,17). The molecule has 0 aliphatic rings. The molecule has 0 aliphatic heterocycles. The van der Waals surface area contributed by atoms with Crippen LogP contribution in [0.15, 0.2) is 28.7 Å². The van der Waals surface area contributed by atoms with Crippen molar-refractivity contribution in [1.29, 1.82) is 0 Å². The van der Waals surface area contributed by atoms with E-state index in [-0.39, 0.29) is 5.91 Å². The molecule has 0 radical (unpaired) electrons. The lowest BCUT2D eigenvalue weighted by molar-refractivity contribution is -0.0974. The van der Waals surface area contributed by atoms with E-state index in [0.717, 1.165) is 15.4 Å². The number of rotatable bonds is 5. The maximum Gasteiger partial charge on any atom is 0.267 e. The number of halogens is 1. The predicted octanol–water partition coefficient (Wildman–Crippen LogP) is 2.28. The fourth-order valence-electron chi connectivity index (χ4n) is 1.76. The topological polar surface area (TPSA) is 63.3 Å². The van der Waals surface area contributed by atoms with Gasteiger partial charge in [0.05, 0.1) is 6.54 Å². The van der Waals surface area contributed by atoms with E-state index in [1.165, 1.54) is 14.2 Å². The number of benzene rings is 1. The molecule has 0 aliphatic carbocycles. The Morgan fingerprint density at radius 3 is 2.79 bits per heavy atom. The van der Waals surface area contributed by atoms with E-state index in [4.69, 9.17) is 9.47 Å². The number of fused-ring (bicyclic) bond motifs is 1. The van der Waals surface area contributed by atoms with Crippen LogP contribution in [0.25, 0.3) is 10.9 Å². The van der Waals surface area contributed by atoms with E-state index in [9.17, 15) is 4.79 Å². The predicted molar refractivity (Wildman–Crippen MR) is 76.1 cm³/mol. The number of hydrogen-bond acceptors (Lipinski definition) is 3. The highest BCUT2D eigenvalue weighted by Crippen LogP contribution is 2.20. The number of carbonyl (C=O) groups is 1. The van der Waals surface area contributed by atoms with Gasteiger partial charge in [0.2, 0.25) is 0 Å². The lowest BCUT2D eigenvalue weighted by atomic mass is 10.2. The van der Waals surface area contributed by atoms with Crippen molar-refractivity contribution >= 4 is 32.7 Å². The second-order valence-corrected chi connectivity index (χ2v) is 4.94. The van der Waals surface area contributed by atoms with Gasteiger partial charge in [-0.2, -0.15) is 0 Å². The van der Waals surface area contributed by atoms with Gasteiger partial charge in [0.1, 0.15) is 5.69 Å². The quantitative estimate of drug-likeness (QED) is 0.828. The molecule has 19 heavy (non-hydrogen) atoms. The highest BCUT2D eigenvalue weighted by Gasteiger charge is 2.12. The number of methoxy groups -OCH3 is 2. The Hall–Kier alpha value is -1.37. The molecule has 1 aromatic heterocycles.